The van der Waals surface area contributed by atoms with Crippen molar-refractivity contribution in [2.75, 3.05) is 27.8 Å². The number of hydrogen-bond donors (Lipinski definition) is 2. The molecule has 136 valence electrons. The summed E-state index contributed by atoms with van der Waals surface area (Å²) in [6.45, 7) is 1.37. The van der Waals surface area contributed by atoms with Gasteiger partial charge in [-0.05, 0) is 24.3 Å². The number of pyridine rings is 1. The van der Waals surface area contributed by atoms with Crippen molar-refractivity contribution in [1.82, 2.24) is 15.6 Å². The molecule has 0 atom stereocenters. The van der Waals surface area contributed by atoms with E-state index < -0.39 is 0 Å². The smallest absolute Gasteiger partial charge is 0.191 e. The number of hydrogen-bond acceptors (Lipinski definition) is 4. The van der Waals surface area contributed by atoms with Gasteiger partial charge in [-0.15, -0.1) is 24.0 Å². The number of halogens is 1. The molecule has 0 aliphatic rings. The van der Waals surface area contributed by atoms with Gasteiger partial charge < -0.3 is 20.1 Å². The van der Waals surface area contributed by atoms with Gasteiger partial charge in [0.05, 0.1) is 14.2 Å². The fourth-order valence-electron chi connectivity index (χ4n) is 2.25. The Morgan fingerprint density at radius 3 is 2.60 bits per heavy atom. The lowest BCUT2D eigenvalue weighted by Gasteiger charge is -2.14. The maximum Gasteiger partial charge on any atom is 0.191 e. The first-order chi connectivity index (χ1) is 11.8. The van der Waals surface area contributed by atoms with Crippen LogP contribution in [0, 0.1) is 0 Å². The zero-order valence-corrected chi connectivity index (χ0v) is 17.1. The van der Waals surface area contributed by atoms with E-state index in [0.29, 0.717) is 6.54 Å². The van der Waals surface area contributed by atoms with Gasteiger partial charge >= 0.3 is 0 Å². The molecular weight excluding hydrogens is 431 g/mol. The average molecular weight is 456 g/mol. The molecule has 2 rings (SSSR count). The standard InChI is InChI=1S/C18H24N4O2.HI/c1-19-18(21-11-9-15-6-4-5-10-20-15)22-13-14-7-8-16(23-2)12-17(14)24-3;/h4-8,10,12H,9,11,13H2,1-3H3,(H2,19,21,22);1H. The highest BCUT2D eigenvalue weighted by atomic mass is 127. The van der Waals surface area contributed by atoms with Crippen molar-refractivity contribution in [2.45, 2.75) is 13.0 Å². The fourth-order valence-corrected chi connectivity index (χ4v) is 2.25. The lowest BCUT2D eigenvalue weighted by atomic mass is 10.2. The molecule has 7 heteroatoms. The molecule has 2 N–H and O–H groups in total. The maximum absolute atomic E-state index is 5.40. The molecule has 0 unspecified atom stereocenters. The molecule has 25 heavy (non-hydrogen) atoms. The number of nitrogens with one attached hydrogen (secondary N) is 2. The largest absolute Gasteiger partial charge is 0.497 e. The Morgan fingerprint density at radius 2 is 1.96 bits per heavy atom. The van der Waals surface area contributed by atoms with E-state index >= 15 is 0 Å². The molecule has 1 aromatic heterocycles. The van der Waals surface area contributed by atoms with E-state index in [1.165, 1.54) is 0 Å². The molecule has 1 heterocycles. The van der Waals surface area contributed by atoms with Gasteiger partial charge in [0.1, 0.15) is 11.5 Å². The van der Waals surface area contributed by atoms with Crippen LogP contribution in [0.15, 0.2) is 47.6 Å². The summed E-state index contributed by atoms with van der Waals surface area (Å²) in [6.07, 6.45) is 2.64. The van der Waals surface area contributed by atoms with Crippen LogP contribution >= 0.6 is 24.0 Å². The number of guanidine groups is 1. The van der Waals surface area contributed by atoms with Crippen molar-refractivity contribution in [3.63, 3.8) is 0 Å². The highest BCUT2D eigenvalue weighted by Crippen LogP contribution is 2.24. The first-order valence-electron chi connectivity index (χ1n) is 7.82. The number of nitrogens with zero attached hydrogens (tertiary/aromatic N) is 2. The van der Waals surface area contributed by atoms with Gasteiger partial charge in [-0.1, -0.05) is 6.07 Å². The van der Waals surface area contributed by atoms with Gasteiger partial charge in [-0.3, -0.25) is 9.98 Å². The van der Waals surface area contributed by atoms with Crippen LogP contribution in [0.1, 0.15) is 11.3 Å². The molecule has 1 aromatic carbocycles. The van der Waals surface area contributed by atoms with Crippen molar-refractivity contribution in [2.24, 2.45) is 4.99 Å². The second kappa shape index (κ2) is 11.5. The molecule has 0 saturated carbocycles. The van der Waals surface area contributed by atoms with Gasteiger partial charge in [0, 0.05) is 50.1 Å². The third kappa shape index (κ3) is 6.77. The van der Waals surface area contributed by atoms with Gasteiger partial charge in [0.2, 0.25) is 0 Å². The minimum atomic E-state index is 0. The topological polar surface area (TPSA) is 67.8 Å². The second-order valence-corrected chi connectivity index (χ2v) is 5.10. The number of aliphatic imine (C=N–C) groups is 1. The molecule has 0 bridgehead atoms. The highest BCUT2D eigenvalue weighted by Gasteiger charge is 2.06. The minimum absolute atomic E-state index is 0. The summed E-state index contributed by atoms with van der Waals surface area (Å²) in [6, 6.07) is 11.7. The van der Waals surface area contributed by atoms with E-state index in [0.717, 1.165) is 41.7 Å². The molecule has 0 saturated heterocycles. The molecular formula is C18H25IN4O2. The van der Waals surface area contributed by atoms with Gasteiger partial charge in [-0.2, -0.15) is 0 Å². The molecule has 6 nitrogen and oxygen atoms in total. The SMILES string of the molecule is CN=C(NCCc1ccccn1)NCc1ccc(OC)cc1OC.I. The van der Waals surface area contributed by atoms with Crippen molar-refractivity contribution in [3.05, 3.63) is 53.9 Å². The molecule has 0 fully saturated rings. The second-order valence-electron chi connectivity index (χ2n) is 5.10. The summed E-state index contributed by atoms with van der Waals surface area (Å²) in [4.78, 5) is 8.54. The molecule has 0 aliphatic heterocycles. The number of methoxy groups -OCH3 is 2. The summed E-state index contributed by atoms with van der Waals surface area (Å²) in [7, 11) is 5.04. The van der Waals surface area contributed by atoms with E-state index in [1.54, 1.807) is 27.5 Å². The van der Waals surface area contributed by atoms with Crippen LogP contribution < -0.4 is 20.1 Å². The quantitative estimate of drug-likeness (QED) is 0.381. The predicted octanol–water partition coefficient (Wildman–Crippen LogP) is 2.62. The predicted molar refractivity (Wildman–Crippen MR) is 111 cm³/mol. The molecule has 2 aromatic rings. The lowest BCUT2D eigenvalue weighted by molar-refractivity contribution is 0.390. The monoisotopic (exact) mass is 456 g/mol. The Bertz CT molecular complexity index is 665. The first-order valence-corrected chi connectivity index (χ1v) is 7.82. The third-order valence-electron chi connectivity index (χ3n) is 3.56. The Morgan fingerprint density at radius 1 is 1.12 bits per heavy atom. The van der Waals surface area contributed by atoms with Gasteiger partial charge in [-0.25, -0.2) is 0 Å². The number of benzene rings is 1. The molecule has 0 aliphatic carbocycles. The van der Waals surface area contributed by atoms with Crippen LogP contribution in [0.3, 0.4) is 0 Å². The van der Waals surface area contributed by atoms with Crippen LogP contribution in [-0.4, -0.2) is 38.8 Å². The van der Waals surface area contributed by atoms with Gasteiger partial charge in [0.15, 0.2) is 5.96 Å². The zero-order chi connectivity index (χ0) is 17.2. The van der Waals surface area contributed by atoms with E-state index in [1.807, 2.05) is 36.4 Å². The zero-order valence-electron chi connectivity index (χ0n) is 14.8. The minimum Gasteiger partial charge on any atom is -0.497 e. The Balaban J connectivity index is 0.00000312. The molecule has 0 spiro atoms. The summed E-state index contributed by atoms with van der Waals surface area (Å²) < 4.78 is 10.6. The molecule has 0 radical (unpaired) electrons. The van der Waals surface area contributed by atoms with Crippen molar-refractivity contribution in [1.29, 1.82) is 0 Å². The van der Waals surface area contributed by atoms with Crippen LogP contribution in [0.25, 0.3) is 0 Å². The Kier molecular flexibility index (Phi) is 9.68. The lowest BCUT2D eigenvalue weighted by Crippen LogP contribution is -2.38. The van der Waals surface area contributed by atoms with Crippen molar-refractivity contribution in [3.8, 4) is 11.5 Å². The summed E-state index contributed by atoms with van der Waals surface area (Å²) in [5.74, 6) is 2.29. The van der Waals surface area contributed by atoms with Crippen LogP contribution in [0.5, 0.6) is 11.5 Å². The van der Waals surface area contributed by atoms with Crippen LogP contribution in [0.4, 0.5) is 0 Å². The average Bonchev–Trinajstić information content (AvgIpc) is 2.65. The fraction of sp³-hybridized carbons (Fsp3) is 0.333. The van der Waals surface area contributed by atoms with E-state index in [-0.39, 0.29) is 24.0 Å². The highest BCUT2D eigenvalue weighted by molar-refractivity contribution is 14.0. The van der Waals surface area contributed by atoms with E-state index in [2.05, 4.69) is 20.6 Å². The Labute approximate surface area is 166 Å². The normalized spacial score (nSPS) is 10.6. The van der Waals surface area contributed by atoms with E-state index in [4.69, 9.17) is 9.47 Å². The summed E-state index contributed by atoms with van der Waals surface area (Å²) >= 11 is 0. The van der Waals surface area contributed by atoms with E-state index in [9.17, 15) is 0 Å². The summed E-state index contributed by atoms with van der Waals surface area (Å²) in [5.41, 5.74) is 2.09. The Hall–Kier alpha value is -2.03. The van der Waals surface area contributed by atoms with Crippen molar-refractivity contribution >= 4 is 29.9 Å². The van der Waals surface area contributed by atoms with Gasteiger partial charge in [0.25, 0.3) is 0 Å². The van der Waals surface area contributed by atoms with Crippen molar-refractivity contribution < 1.29 is 9.47 Å². The van der Waals surface area contributed by atoms with Crippen LogP contribution in [-0.2, 0) is 13.0 Å². The maximum atomic E-state index is 5.40. The number of aromatic nitrogens is 1. The summed E-state index contributed by atoms with van der Waals surface area (Å²) in [5, 5.41) is 6.56. The number of ether oxygens (including phenoxy) is 2. The molecule has 0 amide bonds. The number of rotatable bonds is 7. The first kappa shape index (κ1) is 21.0. The van der Waals surface area contributed by atoms with Crippen LogP contribution in [0.2, 0.25) is 0 Å². The third-order valence-corrected chi connectivity index (χ3v) is 3.56.